The van der Waals surface area contributed by atoms with Crippen LogP contribution >= 0.6 is 0 Å². The van der Waals surface area contributed by atoms with Crippen molar-refractivity contribution < 1.29 is 32.2 Å². The number of anilines is 1. The van der Waals surface area contributed by atoms with E-state index in [0.29, 0.717) is 17.1 Å². The number of hydrogen-bond donors (Lipinski definition) is 1. The highest BCUT2D eigenvalue weighted by Gasteiger charge is 2.30. The van der Waals surface area contributed by atoms with E-state index < -0.39 is 22.5 Å². The van der Waals surface area contributed by atoms with E-state index in [0.717, 1.165) is 42.2 Å². The number of piperidine rings is 1. The molecule has 1 saturated heterocycles. The van der Waals surface area contributed by atoms with Gasteiger partial charge in [-0.05, 0) is 80.3 Å². The molecule has 1 heterocycles. The lowest BCUT2D eigenvalue weighted by Gasteiger charge is -2.26. The van der Waals surface area contributed by atoms with Crippen molar-refractivity contribution in [3.63, 3.8) is 0 Å². The Hall–Kier alpha value is -4.58. The molecule has 228 valence electrons. The molecule has 1 aliphatic rings. The number of sulfonamides is 1. The lowest BCUT2D eigenvalue weighted by atomic mass is 10.1. The Kier molecular flexibility index (Phi) is 10.6. The Labute approximate surface area is 252 Å². The number of carbonyl (C=O) groups excluding carboxylic acids is 2. The monoisotopic (exact) mass is 608 g/mol. The summed E-state index contributed by atoms with van der Waals surface area (Å²) in [6, 6.07) is 17.9. The van der Waals surface area contributed by atoms with E-state index in [-0.39, 0.29) is 28.8 Å². The minimum absolute atomic E-state index is 0.0132. The topological polar surface area (TPSA) is 127 Å². The van der Waals surface area contributed by atoms with Crippen LogP contribution in [0.5, 0.6) is 17.2 Å². The molecule has 12 heteroatoms. The standard InChI is InChI=1S/C31H36N4O7S/c1-23-7-14-27(15-8-23)43(38,39)35(28-19-26(40-2)13-16-29(28)41-3)21-30(36)33-32-20-24-9-11-25(12-10-24)42-22-31(37)34-17-5-4-6-18-34/h7-16,19-20H,4-6,17-18,21-22H2,1-3H3,(H,33,36)/b32-20-. The van der Waals surface area contributed by atoms with Gasteiger partial charge in [-0.1, -0.05) is 17.7 Å². The van der Waals surface area contributed by atoms with Crippen LogP contribution in [0.2, 0.25) is 0 Å². The van der Waals surface area contributed by atoms with Crippen molar-refractivity contribution in [2.75, 3.05) is 44.8 Å². The molecular formula is C31H36N4O7S. The third-order valence-corrected chi connectivity index (χ3v) is 8.68. The summed E-state index contributed by atoms with van der Waals surface area (Å²) >= 11 is 0. The van der Waals surface area contributed by atoms with Crippen molar-refractivity contribution in [2.24, 2.45) is 5.10 Å². The fraction of sp³-hybridized carbons (Fsp3) is 0.323. The lowest BCUT2D eigenvalue weighted by Crippen LogP contribution is -2.39. The molecule has 0 unspecified atom stereocenters. The maximum Gasteiger partial charge on any atom is 0.264 e. The van der Waals surface area contributed by atoms with E-state index in [2.05, 4.69) is 10.5 Å². The number of hydrazone groups is 1. The number of nitrogens with one attached hydrogen (secondary N) is 1. The summed E-state index contributed by atoms with van der Waals surface area (Å²) in [6.45, 7) is 2.79. The van der Waals surface area contributed by atoms with Crippen LogP contribution in [0.1, 0.15) is 30.4 Å². The minimum atomic E-state index is -4.18. The van der Waals surface area contributed by atoms with Crippen molar-refractivity contribution in [3.05, 3.63) is 77.9 Å². The Morgan fingerprint density at radius 2 is 1.60 bits per heavy atom. The molecule has 0 aromatic heterocycles. The van der Waals surface area contributed by atoms with Gasteiger partial charge in [0, 0.05) is 19.2 Å². The fourth-order valence-corrected chi connectivity index (χ4v) is 5.93. The quantitative estimate of drug-likeness (QED) is 0.245. The van der Waals surface area contributed by atoms with Crippen molar-refractivity contribution in [2.45, 2.75) is 31.1 Å². The number of aryl methyl sites for hydroxylation is 1. The SMILES string of the molecule is COc1ccc(OC)c(N(CC(=O)N/N=C\c2ccc(OCC(=O)N3CCCCC3)cc2)S(=O)(=O)c2ccc(C)cc2)c1. The van der Waals surface area contributed by atoms with Crippen molar-refractivity contribution in [3.8, 4) is 17.2 Å². The minimum Gasteiger partial charge on any atom is -0.497 e. The van der Waals surface area contributed by atoms with Gasteiger partial charge in [-0.15, -0.1) is 0 Å². The highest BCUT2D eigenvalue weighted by Crippen LogP contribution is 2.35. The molecule has 43 heavy (non-hydrogen) atoms. The van der Waals surface area contributed by atoms with Crippen LogP contribution < -0.4 is 23.9 Å². The summed E-state index contributed by atoms with van der Waals surface area (Å²) in [5.41, 5.74) is 4.08. The summed E-state index contributed by atoms with van der Waals surface area (Å²) in [5.74, 6) is 0.469. The second-order valence-electron chi connectivity index (χ2n) is 9.95. The molecule has 2 amide bonds. The van der Waals surface area contributed by atoms with E-state index in [4.69, 9.17) is 14.2 Å². The number of nitrogens with zero attached hydrogens (tertiary/aromatic N) is 3. The van der Waals surface area contributed by atoms with Crippen LogP contribution in [-0.2, 0) is 19.6 Å². The molecule has 3 aromatic carbocycles. The summed E-state index contributed by atoms with van der Waals surface area (Å²) in [6.07, 6.45) is 4.61. The van der Waals surface area contributed by atoms with Gasteiger partial charge in [-0.3, -0.25) is 13.9 Å². The Balaban J connectivity index is 1.43. The number of ether oxygens (including phenoxy) is 3. The van der Waals surface area contributed by atoms with E-state index in [9.17, 15) is 18.0 Å². The van der Waals surface area contributed by atoms with Crippen LogP contribution in [0.15, 0.2) is 76.7 Å². The van der Waals surface area contributed by atoms with Crippen molar-refractivity contribution in [1.29, 1.82) is 0 Å². The lowest BCUT2D eigenvalue weighted by molar-refractivity contribution is -0.134. The average molecular weight is 609 g/mol. The highest BCUT2D eigenvalue weighted by molar-refractivity contribution is 7.92. The van der Waals surface area contributed by atoms with Crippen molar-refractivity contribution >= 4 is 33.7 Å². The van der Waals surface area contributed by atoms with Crippen LogP contribution in [0.25, 0.3) is 0 Å². The first-order valence-corrected chi connectivity index (χ1v) is 15.3. The van der Waals surface area contributed by atoms with Crippen molar-refractivity contribution in [1.82, 2.24) is 10.3 Å². The number of methoxy groups -OCH3 is 2. The predicted octanol–water partition coefficient (Wildman–Crippen LogP) is 3.75. The first-order valence-electron chi connectivity index (χ1n) is 13.9. The third kappa shape index (κ3) is 8.25. The number of carbonyl (C=O) groups is 2. The Morgan fingerprint density at radius 1 is 0.930 bits per heavy atom. The Bertz CT molecular complexity index is 1540. The first kappa shape index (κ1) is 31.4. The van der Waals surface area contributed by atoms with Crippen LogP contribution in [0.3, 0.4) is 0 Å². The zero-order valence-corrected chi connectivity index (χ0v) is 25.3. The normalized spacial score (nSPS) is 13.4. The molecule has 4 rings (SSSR count). The van der Waals surface area contributed by atoms with Gasteiger partial charge in [0.1, 0.15) is 23.8 Å². The number of amides is 2. The van der Waals surface area contributed by atoms with E-state index in [1.54, 1.807) is 48.5 Å². The zero-order valence-electron chi connectivity index (χ0n) is 24.5. The largest absolute Gasteiger partial charge is 0.497 e. The van der Waals surface area contributed by atoms with Gasteiger partial charge in [-0.2, -0.15) is 5.10 Å². The Morgan fingerprint density at radius 3 is 2.26 bits per heavy atom. The summed E-state index contributed by atoms with van der Waals surface area (Å²) in [4.78, 5) is 27.1. The second-order valence-corrected chi connectivity index (χ2v) is 11.8. The zero-order chi connectivity index (χ0) is 30.8. The molecule has 1 fully saturated rings. The summed E-state index contributed by atoms with van der Waals surface area (Å²) < 4.78 is 44.8. The number of rotatable bonds is 12. The molecule has 0 saturated carbocycles. The molecular weight excluding hydrogens is 572 g/mol. The van der Waals surface area contributed by atoms with Gasteiger partial charge >= 0.3 is 0 Å². The maximum absolute atomic E-state index is 13.7. The van der Waals surface area contributed by atoms with E-state index >= 15 is 0 Å². The van der Waals surface area contributed by atoms with Gasteiger partial charge in [-0.25, -0.2) is 13.8 Å². The molecule has 0 radical (unpaired) electrons. The number of likely N-dealkylation sites (tertiary alicyclic amines) is 1. The molecule has 0 atom stereocenters. The van der Waals surface area contributed by atoms with Gasteiger partial charge in [0.05, 0.1) is 31.0 Å². The maximum atomic E-state index is 13.7. The summed E-state index contributed by atoms with van der Waals surface area (Å²) in [7, 11) is -1.31. The number of benzene rings is 3. The predicted molar refractivity (Wildman–Crippen MR) is 163 cm³/mol. The van der Waals surface area contributed by atoms with Crippen LogP contribution in [-0.4, -0.2) is 71.8 Å². The van der Waals surface area contributed by atoms with Gasteiger partial charge in [0.15, 0.2) is 6.61 Å². The van der Waals surface area contributed by atoms with Gasteiger partial charge < -0.3 is 19.1 Å². The second kappa shape index (κ2) is 14.5. The molecule has 1 N–H and O–H groups in total. The fourth-order valence-electron chi connectivity index (χ4n) is 4.50. The van der Waals surface area contributed by atoms with Crippen LogP contribution in [0.4, 0.5) is 5.69 Å². The smallest absolute Gasteiger partial charge is 0.264 e. The van der Waals surface area contributed by atoms with E-state index in [1.165, 1.54) is 38.6 Å². The first-order chi connectivity index (χ1) is 20.7. The highest BCUT2D eigenvalue weighted by atomic mass is 32.2. The van der Waals surface area contributed by atoms with Gasteiger partial charge in [0.2, 0.25) is 0 Å². The number of hydrogen-bond acceptors (Lipinski definition) is 8. The molecule has 0 aliphatic carbocycles. The molecule has 1 aliphatic heterocycles. The summed E-state index contributed by atoms with van der Waals surface area (Å²) in [5, 5.41) is 3.99. The molecule has 3 aromatic rings. The van der Waals surface area contributed by atoms with Gasteiger partial charge in [0.25, 0.3) is 21.8 Å². The molecule has 0 bridgehead atoms. The molecule has 11 nitrogen and oxygen atoms in total. The molecule has 0 spiro atoms. The third-order valence-electron chi connectivity index (χ3n) is 6.90. The van der Waals surface area contributed by atoms with E-state index in [1.807, 2.05) is 11.8 Å². The van der Waals surface area contributed by atoms with Crippen LogP contribution in [0, 0.1) is 6.92 Å². The average Bonchev–Trinajstić information content (AvgIpc) is 3.03.